The summed E-state index contributed by atoms with van der Waals surface area (Å²) in [4.78, 5) is 3.19. The number of rotatable bonds is 1. The van der Waals surface area contributed by atoms with Gasteiger partial charge in [-0.2, -0.15) is 0 Å². The van der Waals surface area contributed by atoms with Crippen molar-refractivity contribution >= 4 is 15.9 Å². The van der Waals surface area contributed by atoms with Gasteiger partial charge in [-0.05, 0) is 24.3 Å². The molecule has 0 spiro atoms. The van der Waals surface area contributed by atoms with Crippen molar-refractivity contribution in [1.82, 2.24) is 4.98 Å². The monoisotopic (exact) mass is 237 g/mol. The largest absolute Gasteiger partial charge is 0.286 e. The molecule has 0 unspecified atom stereocenters. The van der Waals surface area contributed by atoms with E-state index in [9.17, 15) is 0 Å². The highest BCUT2D eigenvalue weighted by Gasteiger charge is 2.08. The predicted molar refractivity (Wildman–Crippen MR) is 55.1 cm³/mol. The molecule has 0 radical (unpaired) electrons. The Kier molecular flexibility index (Phi) is 2.19. The van der Waals surface area contributed by atoms with Crippen molar-refractivity contribution in [3.63, 3.8) is 0 Å². The van der Waals surface area contributed by atoms with Gasteiger partial charge in [0.2, 0.25) is 0 Å². The van der Waals surface area contributed by atoms with Crippen LogP contribution in [0, 0.1) is 0 Å². The van der Waals surface area contributed by atoms with Gasteiger partial charge < -0.3 is 0 Å². The van der Waals surface area contributed by atoms with Crippen LogP contribution in [0.5, 0.6) is 0 Å². The van der Waals surface area contributed by atoms with Crippen LogP contribution in [-0.2, 0) is 7.05 Å². The van der Waals surface area contributed by atoms with E-state index in [0.717, 1.165) is 10.3 Å². The van der Waals surface area contributed by atoms with Gasteiger partial charge in [-0.25, -0.2) is 9.55 Å². The molecule has 0 saturated heterocycles. The molecule has 2 nitrogen and oxygen atoms in total. The standard InChI is InChI=1S/C10H9BrN2/c1-13-7-6-12-10(13)8-2-4-9(11)5-3-8/h2-7H,1H3/p+1. The first-order chi connectivity index (χ1) is 6.27. The average molecular weight is 238 g/mol. The molecular weight excluding hydrogens is 228 g/mol. The topological polar surface area (TPSA) is 19.7 Å². The Hall–Kier alpha value is -1.09. The lowest BCUT2D eigenvalue weighted by molar-refractivity contribution is -0.658. The molecule has 1 heterocycles. The summed E-state index contributed by atoms with van der Waals surface area (Å²) in [5.74, 6) is 1.12. The summed E-state index contributed by atoms with van der Waals surface area (Å²) in [6.07, 6.45) is 3.93. The number of aromatic nitrogens is 2. The SMILES string of the molecule is C[n+]1cc[nH]c1-c1ccc(Br)cc1. The van der Waals surface area contributed by atoms with Gasteiger partial charge in [0.1, 0.15) is 12.4 Å². The number of benzene rings is 1. The fourth-order valence-corrected chi connectivity index (χ4v) is 1.56. The molecule has 0 amide bonds. The van der Waals surface area contributed by atoms with Crippen molar-refractivity contribution in [2.75, 3.05) is 0 Å². The molecule has 0 bridgehead atoms. The maximum Gasteiger partial charge on any atom is 0.286 e. The maximum atomic E-state index is 3.41. The number of aryl methyl sites for hydroxylation is 1. The number of hydrogen-bond acceptors (Lipinski definition) is 0. The van der Waals surface area contributed by atoms with Crippen LogP contribution in [0.4, 0.5) is 0 Å². The van der Waals surface area contributed by atoms with E-state index in [4.69, 9.17) is 0 Å². The van der Waals surface area contributed by atoms with Gasteiger partial charge in [-0.3, -0.25) is 0 Å². The predicted octanol–water partition coefficient (Wildman–Crippen LogP) is 2.27. The van der Waals surface area contributed by atoms with Crippen LogP contribution in [-0.4, -0.2) is 4.98 Å². The number of imidazole rings is 1. The number of nitrogens with one attached hydrogen (secondary N) is 1. The first kappa shape index (κ1) is 8.51. The molecule has 13 heavy (non-hydrogen) atoms. The summed E-state index contributed by atoms with van der Waals surface area (Å²) in [7, 11) is 2.02. The number of aromatic amines is 1. The zero-order chi connectivity index (χ0) is 9.26. The molecule has 3 heteroatoms. The Morgan fingerprint density at radius 3 is 2.46 bits per heavy atom. The zero-order valence-corrected chi connectivity index (χ0v) is 8.88. The van der Waals surface area contributed by atoms with Crippen LogP contribution in [0.25, 0.3) is 11.4 Å². The molecule has 2 aromatic rings. The Labute approximate surface area is 85.4 Å². The molecule has 0 atom stereocenters. The molecule has 0 aliphatic heterocycles. The summed E-state index contributed by atoms with van der Waals surface area (Å²) in [6.45, 7) is 0. The normalized spacial score (nSPS) is 10.3. The first-order valence-corrected chi connectivity index (χ1v) is 4.85. The average Bonchev–Trinajstić information content (AvgIpc) is 2.53. The quantitative estimate of drug-likeness (QED) is 0.735. The zero-order valence-electron chi connectivity index (χ0n) is 7.29. The molecule has 1 N–H and O–H groups in total. The Morgan fingerprint density at radius 2 is 1.92 bits per heavy atom. The highest BCUT2D eigenvalue weighted by Crippen LogP contribution is 2.16. The smallest absolute Gasteiger partial charge is 0.243 e. The summed E-state index contributed by atoms with van der Waals surface area (Å²) in [6, 6.07) is 8.23. The third kappa shape index (κ3) is 1.65. The minimum Gasteiger partial charge on any atom is -0.243 e. The first-order valence-electron chi connectivity index (χ1n) is 4.06. The van der Waals surface area contributed by atoms with Gasteiger partial charge in [0.15, 0.2) is 0 Å². The molecule has 0 fully saturated rings. The van der Waals surface area contributed by atoms with Crippen LogP contribution in [0.1, 0.15) is 0 Å². The van der Waals surface area contributed by atoms with Gasteiger partial charge in [-0.1, -0.05) is 15.9 Å². The van der Waals surface area contributed by atoms with Crippen LogP contribution in [0.3, 0.4) is 0 Å². The van der Waals surface area contributed by atoms with E-state index in [1.54, 1.807) is 0 Å². The Bertz CT molecular complexity index is 403. The van der Waals surface area contributed by atoms with Crippen LogP contribution < -0.4 is 4.57 Å². The highest BCUT2D eigenvalue weighted by molar-refractivity contribution is 9.10. The van der Waals surface area contributed by atoms with Crippen molar-refractivity contribution in [1.29, 1.82) is 0 Å². The van der Waals surface area contributed by atoms with Gasteiger partial charge in [0.05, 0.1) is 12.6 Å². The molecule has 2 rings (SSSR count). The molecule has 66 valence electrons. The highest BCUT2D eigenvalue weighted by atomic mass is 79.9. The molecule has 0 saturated carbocycles. The van der Waals surface area contributed by atoms with E-state index in [-0.39, 0.29) is 0 Å². The summed E-state index contributed by atoms with van der Waals surface area (Å²) < 4.78 is 3.16. The van der Waals surface area contributed by atoms with Crippen molar-refractivity contribution in [2.45, 2.75) is 0 Å². The van der Waals surface area contributed by atoms with Gasteiger partial charge >= 0.3 is 0 Å². The molecule has 1 aromatic carbocycles. The van der Waals surface area contributed by atoms with Crippen LogP contribution in [0.2, 0.25) is 0 Å². The summed E-state index contributed by atoms with van der Waals surface area (Å²) >= 11 is 3.41. The third-order valence-corrected chi connectivity index (χ3v) is 2.52. The number of hydrogen-bond donors (Lipinski definition) is 1. The van der Waals surface area contributed by atoms with Crippen LogP contribution in [0.15, 0.2) is 41.1 Å². The van der Waals surface area contributed by atoms with Gasteiger partial charge in [0, 0.05) is 4.47 Å². The summed E-state index contributed by atoms with van der Waals surface area (Å²) in [5.41, 5.74) is 1.19. The second-order valence-electron chi connectivity index (χ2n) is 2.93. The molecule has 0 aliphatic carbocycles. The molecule has 0 aliphatic rings. The van der Waals surface area contributed by atoms with E-state index in [2.05, 4.69) is 37.6 Å². The third-order valence-electron chi connectivity index (χ3n) is 1.99. The van der Waals surface area contributed by atoms with Crippen molar-refractivity contribution in [3.05, 3.63) is 41.1 Å². The maximum absolute atomic E-state index is 3.41. The Morgan fingerprint density at radius 1 is 1.23 bits per heavy atom. The molecular formula is C10H10BrN2+. The second kappa shape index (κ2) is 3.34. The van der Waals surface area contributed by atoms with Gasteiger partial charge in [-0.15, -0.1) is 0 Å². The minimum absolute atomic E-state index is 1.10. The van der Waals surface area contributed by atoms with E-state index >= 15 is 0 Å². The number of halogens is 1. The number of nitrogens with zero attached hydrogens (tertiary/aromatic N) is 1. The number of H-pyrrole nitrogens is 1. The minimum atomic E-state index is 1.10. The van der Waals surface area contributed by atoms with Crippen molar-refractivity contribution < 1.29 is 4.57 Å². The lowest BCUT2D eigenvalue weighted by atomic mass is 10.2. The lowest BCUT2D eigenvalue weighted by Crippen LogP contribution is -2.27. The van der Waals surface area contributed by atoms with E-state index in [1.807, 2.05) is 31.6 Å². The fraction of sp³-hybridized carbons (Fsp3) is 0.100. The van der Waals surface area contributed by atoms with Crippen molar-refractivity contribution in [2.24, 2.45) is 7.05 Å². The van der Waals surface area contributed by atoms with Crippen LogP contribution >= 0.6 is 15.9 Å². The molecule has 1 aromatic heterocycles. The van der Waals surface area contributed by atoms with Gasteiger partial charge in [0.25, 0.3) is 5.82 Å². The van der Waals surface area contributed by atoms with E-state index in [1.165, 1.54) is 5.56 Å². The van der Waals surface area contributed by atoms with E-state index in [0.29, 0.717) is 0 Å². The summed E-state index contributed by atoms with van der Waals surface area (Å²) in [5, 5.41) is 0. The second-order valence-corrected chi connectivity index (χ2v) is 3.84. The Balaban J connectivity index is 2.47. The fourth-order valence-electron chi connectivity index (χ4n) is 1.30. The van der Waals surface area contributed by atoms with E-state index < -0.39 is 0 Å². The van der Waals surface area contributed by atoms with Crippen molar-refractivity contribution in [3.8, 4) is 11.4 Å². The lowest BCUT2D eigenvalue weighted by Gasteiger charge is -1.95.